The third kappa shape index (κ3) is 3.21. The van der Waals surface area contributed by atoms with Crippen molar-refractivity contribution >= 4 is 28.8 Å². The molecule has 0 heterocycles. The third-order valence-electron chi connectivity index (χ3n) is 3.66. The van der Waals surface area contributed by atoms with Crippen molar-refractivity contribution < 1.29 is 4.39 Å². The van der Waals surface area contributed by atoms with Crippen LogP contribution in [0.5, 0.6) is 0 Å². The van der Waals surface area contributed by atoms with Gasteiger partial charge in [-0.15, -0.1) is 0 Å². The lowest BCUT2D eigenvalue weighted by Crippen LogP contribution is -2.15. The molecule has 3 rings (SSSR count). The normalized spacial score (nSPS) is 12.1. The molecule has 0 unspecified atom stereocenters. The van der Waals surface area contributed by atoms with Gasteiger partial charge in [-0.2, -0.15) is 5.10 Å². The topological polar surface area (TPSA) is 64.4 Å². The first-order chi connectivity index (χ1) is 11.2. The highest BCUT2D eigenvalue weighted by molar-refractivity contribution is 6.01. The van der Waals surface area contributed by atoms with Crippen LogP contribution >= 0.6 is 0 Å². The lowest BCUT2D eigenvalue weighted by atomic mass is 10.0. The molecule has 0 saturated heterocycles. The Morgan fingerprint density at radius 1 is 0.913 bits per heavy atom. The number of hydrogen-bond donors (Lipinski definition) is 2. The van der Waals surface area contributed by atoms with E-state index in [1.54, 1.807) is 18.2 Å². The lowest BCUT2D eigenvalue weighted by molar-refractivity contribution is 0.625. The van der Waals surface area contributed by atoms with Crippen molar-refractivity contribution in [3.05, 3.63) is 83.2 Å². The van der Waals surface area contributed by atoms with Gasteiger partial charge >= 0.3 is 0 Å². The molecule has 0 radical (unpaired) electrons. The van der Waals surface area contributed by atoms with Gasteiger partial charge in [0, 0.05) is 11.1 Å². The maximum Gasteiger partial charge on any atom is 0.150 e. The number of benzene rings is 3. The first-order valence-electron chi connectivity index (χ1n) is 7.17. The van der Waals surface area contributed by atoms with Crippen molar-refractivity contribution in [2.75, 3.05) is 0 Å². The quantitative estimate of drug-likeness (QED) is 0.255. The first kappa shape index (κ1) is 14.8. The van der Waals surface area contributed by atoms with Crippen molar-refractivity contribution in [1.82, 2.24) is 0 Å². The Morgan fingerprint density at radius 3 is 2.43 bits per heavy atom. The minimum atomic E-state index is -0.231. The number of fused-ring (bicyclic) bond motifs is 1. The molecule has 23 heavy (non-hydrogen) atoms. The van der Waals surface area contributed by atoms with Crippen LogP contribution in [0, 0.1) is 5.82 Å². The van der Waals surface area contributed by atoms with Crippen molar-refractivity contribution in [1.29, 1.82) is 0 Å². The van der Waals surface area contributed by atoms with Gasteiger partial charge in [0.2, 0.25) is 0 Å². The Kier molecular flexibility index (Phi) is 4.06. The number of halogens is 1. The van der Waals surface area contributed by atoms with Gasteiger partial charge in [0.25, 0.3) is 0 Å². The first-order valence-corrected chi connectivity index (χ1v) is 7.17. The number of hydrogen-bond acceptors (Lipinski definition) is 2. The van der Waals surface area contributed by atoms with Crippen molar-refractivity contribution in [3.8, 4) is 0 Å². The summed E-state index contributed by atoms with van der Waals surface area (Å²) in [4.78, 5) is 0. The van der Waals surface area contributed by atoms with Gasteiger partial charge in [-0.3, -0.25) is 0 Å². The van der Waals surface area contributed by atoms with E-state index in [4.69, 9.17) is 11.6 Å². The molecule has 3 aromatic rings. The fraction of sp³-hybridized carbons (Fsp3) is 0. The zero-order chi connectivity index (χ0) is 16.2. The summed E-state index contributed by atoms with van der Waals surface area (Å²) in [5, 5.41) is 5.61. The Hall–Kier alpha value is -3.14. The molecule has 4 N–H and O–H groups in total. The fourth-order valence-electron chi connectivity index (χ4n) is 2.40. The summed E-state index contributed by atoms with van der Waals surface area (Å²) in [6.45, 7) is 0. The molecule has 0 saturated carbocycles. The summed E-state index contributed by atoms with van der Waals surface area (Å²) in [6.07, 6.45) is 3.66. The van der Waals surface area contributed by atoms with Gasteiger partial charge < -0.3 is 11.6 Å². The van der Waals surface area contributed by atoms with Crippen LogP contribution in [-0.2, 0) is 0 Å². The van der Waals surface area contributed by atoms with Crippen molar-refractivity contribution in [3.63, 3.8) is 0 Å². The van der Waals surface area contributed by atoms with Gasteiger partial charge in [0.05, 0.1) is 0 Å². The monoisotopic (exact) mass is 305 g/mol. The lowest BCUT2D eigenvalue weighted by Gasteiger charge is -2.04. The SMILES string of the molecule is N/N=C(/N)c1ccc2cc(/C=C/c3ccccc3F)ccc2c1. The van der Waals surface area contributed by atoms with E-state index in [1.807, 2.05) is 48.5 Å². The van der Waals surface area contributed by atoms with E-state index in [1.165, 1.54) is 6.07 Å². The highest BCUT2D eigenvalue weighted by Crippen LogP contribution is 2.20. The highest BCUT2D eigenvalue weighted by atomic mass is 19.1. The molecule has 0 aliphatic carbocycles. The van der Waals surface area contributed by atoms with E-state index in [-0.39, 0.29) is 5.82 Å². The second-order valence-corrected chi connectivity index (χ2v) is 5.19. The van der Waals surface area contributed by atoms with E-state index in [2.05, 4.69) is 5.10 Å². The number of nitrogens with two attached hydrogens (primary N) is 2. The average molecular weight is 305 g/mol. The van der Waals surface area contributed by atoms with Crippen LogP contribution in [0.3, 0.4) is 0 Å². The van der Waals surface area contributed by atoms with Gasteiger partial charge in [-0.05, 0) is 34.5 Å². The predicted molar refractivity (Wildman–Crippen MR) is 94.2 cm³/mol. The van der Waals surface area contributed by atoms with Crippen LogP contribution in [0.25, 0.3) is 22.9 Å². The Bertz CT molecular complexity index is 913. The molecular weight excluding hydrogens is 289 g/mol. The van der Waals surface area contributed by atoms with Gasteiger partial charge in [0.15, 0.2) is 0 Å². The second-order valence-electron chi connectivity index (χ2n) is 5.19. The molecule has 0 spiro atoms. The smallest absolute Gasteiger partial charge is 0.150 e. The summed E-state index contributed by atoms with van der Waals surface area (Å²) in [7, 11) is 0. The highest BCUT2D eigenvalue weighted by Gasteiger charge is 2.01. The molecule has 114 valence electrons. The molecule has 0 fully saturated rings. The summed E-state index contributed by atoms with van der Waals surface area (Å²) in [5.74, 6) is 5.27. The van der Waals surface area contributed by atoms with Crippen LogP contribution in [0.1, 0.15) is 16.7 Å². The van der Waals surface area contributed by atoms with Crippen LogP contribution in [-0.4, -0.2) is 5.84 Å². The van der Waals surface area contributed by atoms with Crippen molar-refractivity contribution in [2.24, 2.45) is 16.7 Å². The van der Waals surface area contributed by atoms with E-state index in [9.17, 15) is 4.39 Å². The molecule has 3 aromatic carbocycles. The minimum absolute atomic E-state index is 0.231. The number of amidine groups is 1. The predicted octanol–water partition coefficient (Wildman–Crippen LogP) is 3.73. The molecule has 0 aromatic heterocycles. The standard InChI is InChI=1S/C19H16FN3/c20-18-4-2-1-3-14(18)7-5-13-6-8-16-12-17(19(21)23-22)10-9-15(16)11-13/h1-12H,22H2,(H2,21,23)/b7-5+. The zero-order valence-electron chi connectivity index (χ0n) is 12.4. The van der Waals surface area contributed by atoms with Crippen LogP contribution in [0.15, 0.2) is 65.8 Å². The maximum atomic E-state index is 13.6. The van der Waals surface area contributed by atoms with E-state index in [0.29, 0.717) is 11.4 Å². The maximum absolute atomic E-state index is 13.6. The van der Waals surface area contributed by atoms with E-state index < -0.39 is 0 Å². The molecule has 0 aliphatic heterocycles. The largest absolute Gasteiger partial charge is 0.382 e. The van der Waals surface area contributed by atoms with Crippen LogP contribution in [0.2, 0.25) is 0 Å². The molecule has 0 aliphatic rings. The summed E-state index contributed by atoms with van der Waals surface area (Å²) in [6, 6.07) is 18.5. The third-order valence-corrected chi connectivity index (χ3v) is 3.66. The molecule has 0 amide bonds. The van der Waals surface area contributed by atoms with Crippen LogP contribution < -0.4 is 11.6 Å². The zero-order valence-corrected chi connectivity index (χ0v) is 12.4. The molecule has 4 heteroatoms. The molecule has 0 atom stereocenters. The average Bonchev–Trinajstić information content (AvgIpc) is 2.59. The number of rotatable bonds is 3. The Balaban J connectivity index is 1.93. The Labute approximate surface area is 133 Å². The molecule has 3 nitrogen and oxygen atoms in total. The second kappa shape index (κ2) is 6.32. The summed E-state index contributed by atoms with van der Waals surface area (Å²) >= 11 is 0. The number of hydrazone groups is 1. The fourth-order valence-corrected chi connectivity index (χ4v) is 2.40. The van der Waals surface area contributed by atoms with Crippen LogP contribution in [0.4, 0.5) is 4.39 Å². The van der Waals surface area contributed by atoms with Gasteiger partial charge in [-0.25, -0.2) is 4.39 Å². The summed E-state index contributed by atoms with van der Waals surface area (Å²) < 4.78 is 13.6. The minimum Gasteiger partial charge on any atom is -0.382 e. The van der Waals surface area contributed by atoms with Crippen molar-refractivity contribution in [2.45, 2.75) is 0 Å². The molecular formula is C19H16FN3. The molecule has 0 bridgehead atoms. The number of nitrogens with zero attached hydrogens (tertiary/aromatic N) is 1. The summed E-state index contributed by atoms with van der Waals surface area (Å²) in [5.41, 5.74) is 8.07. The van der Waals surface area contributed by atoms with Gasteiger partial charge in [-0.1, -0.05) is 54.6 Å². The van der Waals surface area contributed by atoms with E-state index >= 15 is 0 Å². The Morgan fingerprint density at radius 2 is 1.65 bits per heavy atom. The van der Waals surface area contributed by atoms with Gasteiger partial charge in [0.1, 0.15) is 11.7 Å². The van der Waals surface area contributed by atoms with E-state index in [0.717, 1.165) is 21.9 Å².